The number of carbonyl (C=O) groups is 2. The van der Waals surface area contributed by atoms with Crippen LogP contribution in [-0.4, -0.2) is 71.3 Å². The van der Waals surface area contributed by atoms with Crippen LogP contribution in [0.25, 0.3) is 0 Å². The predicted molar refractivity (Wildman–Crippen MR) is 147 cm³/mol. The number of alkyl halides is 3. The number of rotatable bonds is 6. The molecule has 6 nitrogen and oxygen atoms in total. The second-order valence-electron chi connectivity index (χ2n) is 10.6. The first-order valence-electron chi connectivity index (χ1n) is 13.4. The summed E-state index contributed by atoms with van der Waals surface area (Å²) in [5.41, 5.74) is 1.08. The molecule has 10 heteroatoms. The number of halogens is 4. The molecule has 0 radical (unpaired) electrons. The highest BCUT2D eigenvalue weighted by Crippen LogP contribution is 2.37. The van der Waals surface area contributed by atoms with Gasteiger partial charge in [-0.1, -0.05) is 84.4 Å². The molecule has 0 saturated carbocycles. The number of amides is 1. The molecule has 2 aliphatic heterocycles. The van der Waals surface area contributed by atoms with Crippen LogP contribution in [0.5, 0.6) is 0 Å². The average molecular weight is 587 g/mol. The van der Waals surface area contributed by atoms with Gasteiger partial charge in [-0.05, 0) is 41.7 Å². The minimum absolute atomic E-state index is 0.0875. The molecular formula is C31H30ClF3N2O4. The summed E-state index contributed by atoms with van der Waals surface area (Å²) in [5, 5.41) is 11.9. The van der Waals surface area contributed by atoms with Crippen LogP contribution in [0.2, 0.25) is 5.02 Å². The molecule has 1 N–H and O–H groups in total. The Hall–Kier alpha value is -3.40. The summed E-state index contributed by atoms with van der Waals surface area (Å²) < 4.78 is 44.6. The van der Waals surface area contributed by atoms with Crippen molar-refractivity contribution >= 4 is 23.5 Å². The highest BCUT2D eigenvalue weighted by molar-refractivity contribution is 6.30. The number of carbonyl (C=O) groups excluding carboxylic acids is 2. The molecule has 3 aromatic carbocycles. The molecule has 216 valence electrons. The maximum absolute atomic E-state index is 14.0. The van der Waals surface area contributed by atoms with Crippen molar-refractivity contribution in [2.24, 2.45) is 0 Å². The number of hydrogen-bond acceptors (Lipinski definition) is 5. The number of piperidine rings is 1. The molecule has 0 aromatic heterocycles. The van der Waals surface area contributed by atoms with Crippen molar-refractivity contribution < 1.29 is 32.6 Å². The topological polar surface area (TPSA) is 70.1 Å². The summed E-state index contributed by atoms with van der Waals surface area (Å²) >= 11 is 5.99. The quantitative estimate of drug-likeness (QED) is 0.405. The van der Waals surface area contributed by atoms with Crippen LogP contribution in [0.15, 0.2) is 84.9 Å². The molecule has 0 unspecified atom stereocenters. The zero-order valence-electron chi connectivity index (χ0n) is 22.1. The first kappa shape index (κ1) is 29.1. The van der Waals surface area contributed by atoms with Crippen molar-refractivity contribution in [2.45, 2.75) is 42.7 Å². The van der Waals surface area contributed by atoms with Gasteiger partial charge in [0.25, 0.3) is 0 Å². The van der Waals surface area contributed by atoms with Crippen LogP contribution < -0.4 is 0 Å². The van der Waals surface area contributed by atoms with Crippen molar-refractivity contribution in [3.8, 4) is 0 Å². The maximum Gasteiger partial charge on any atom is 0.490 e. The normalized spacial score (nSPS) is 21.2. The standard InChI is InChI=1S/C31H30ClF3N2O4/c32-24-13-11-23(12-14-24)30(40)15-17-36(18-16-30)25-19-37(20-26(25)41-29(39)31(33,34)35)28(38)27(21-7-3-1-4-8-21)22-9-5-2-6-10-22/h1-14,25-27,40H,15-20H2/t25-,26-/m0/s1. The Morgan fingerprint density at radius 1 is 0.878 bits per heavy atom. The molecule has 5 rings (SSSR count). The second kappa shape index (κ2) is 11.8. The van der Waals surface area contributed by atoms with E-state index in [0.29, 0.717) is 36.5 Å². The fourth-order valence-corrected chi connectivity index (χ4v) is 5.96. The molecule has 41 heavy (non-hydrogen) atoms. The Kier molecular flexibility index (Phi) is 8.40. The van der Waals surface area contributed by atoms with Crippen LogP contribution in [-0.2, 0) is 19.9 Å². The molecule has 2 saturated heterocycles. The summed E-state index contributed by atoms with van der Waals surface area (Å²) in [7, 11) is 0. The van der Waals surface area contributed by atoms with Gasteiger partial charge in [-0.25, -0.2) is 4.79 Å². The van der Waals surface area contributed by atoms with Crippen LogP contribution in [0.4, 0.5) is 13.2 Å². The van der Waals surface area contributed by atoms with Gasteiger partial charge < -0.3 is 14.7 Å². The van der Waals surface area contributed by atoms with E-state index in [0.717, 1.165) is 11.1 Å². The van der Waals surface area contributed by atoms with E-state index in [1.807, 2.05) is 65.6 Å². The smallest absolute Gasteiger partial charge is 0.452 e. The Morgan fingerprint density at radius 3 is 1.93 bits per heavy atom. The molecule has 2 aliphatic rings. The van der Waals surface area contributed by atoms with Gasteiger partial charge in [0, 0.05) is 24.7 Å². The first-order chi connectivity index (χ1) is 19.5. The van der Waals surface area contributed by atoms with Crippen molar-refractivity contribution in [2.75, 3.05) is 26.2 Å². The first-order valence-corrected chi connectivity index (χ1v) is 13.8. The van der Waals surface area contributed by atoms with E-state index >= 15 is 0 Å². The van der Waals surface area contributed by atoms with Gasteiger partial charge >= 0.3 is 12.1 Å². The molecule has 2 fully saturated rings. The molecule has 0 spiro atoms. The van der Waals surface area contributed by atoms with Crippen molar-refractivity contribution in [1.29, 1.82) is 0 Å². The van der Waals surface area contributed by atoms with E-state index in [1.165, 1.54) is 4.90 Å². The minimum Gasteiger partial charge on any atom is -0.452 e. The lowest BCUT2D eigenvalue weighted by Gasteiger charge is -2.42. The van der Waals surface area contributed by atoms with Gasteiger partial charge in [0.15, 0.2) is 0 Å². The van der Waals surface area contributed by atoms with Crippen molar-refractivity contribution in [1.82, 2.24) is 9.80 Å². The lowest BCUT2D eigenvalue weighted by atomic mass is 9.84. The van der Waals surface area contributed by atoms with E-state index < -0.39 is 35.8 Å². The van der Waals surface area contributed by atoms with E-state index in [4.69, 9.17) is 16.3 Å². The molecule has 0 aliphatic carbocycles. The van der Waals surface area contributed by atoms with Gasteiger partial charge in [-0.2, -0.15) is 13.2 Å². The zero-order chi connectivity index (χ0) is 29.2. The molecule has 2 heterocycles. The maximum atomic E-state index is 14.0. The van der Waals surface area contributed by atoms with Crippen LogP contribution >= 0.6 is 11.6 Å². The SMILES string of the molecule is O=C(C(c1ccccc1)c1ccccc1)N1C[C@H](OC(=O)C(F)(F)F)[C@@H](N2CCC(O)(c3ccc(Cl)cc3)CC2)C1. The van der Waals surface area contributed by atoms with E-state index in [2.05, 4.69) is 0 Å². The Bertz CT molecular complexity index is 1310. The lowest BCUT2D eigenvalue weighted by Crippen LogP contribution is -2.52. The van der Waals surface area contributed by atoms with Gasteiger partial charge in [-0.15, -0.1) is 0 Å². The number of aliphatic hydroxyl groups is 1. The number of benzene rings is 3. The number of esters is 1. The third-order valence-electron chi connectivity index (χ3n) is 8.03. The Morgan fingerprint density at radius 2 is 1.41 bits per heavy atom. The highest BCUT2D eigenvalue weighted by atomic mass is 35.5. The second-order valence-corrected chi connectivity index (χ2v) is 11.0. The zero-order valence-corrected chi connectivity index (χ0v) is 22.9. The highest BCUT2D eigenvalue weighted by Gasteiger charge is 2.49. The number of hydrogen-bond donors (Lipinski definition) is 1. The Labute approximate surface area is 241 Å². The predicted octanol–water partition coefficient (Wildman–Crippen LogP) is 5.14. The van der Waals surface area contributed by atoms with Crippen LogP contribution in [0.1, 0.15) is 35.4 Å². The van der Waals surface area contributed by atoms with Gasteiger partial charge in [-0.3, -0.25) is 9.69 Å². The monoisotopic (exact) mass is 586 g/mol. The molecule has 3 aromatic rings. The van der Waals surface area contributed by atoms with Crippen LogP contribution in [0, 0.1) is 0 Å². The van der Waals surface area contributed by atoms with Gasteiger partial charge in [0.1, 0.15) is 6.10 Å². The third-order valence-corrected chi connectivity index (χ3v) is 8.28. The fraction of sp³-hybridized carbons (Fsp3) is 0.355. The van der Waals surface area contributed by atoms with E-state index in [9.17, 15) is 27.9 Å². The summed E-state index contributed by atoms with van der Waals surface area (Å²) in [6.45, 7) is 0.600. The van der Waals surface area contributed by atoms with Crippen molar-refractivity contribution in [3.05, 3.63) is 107 Å². The fourth-order valence-electron chi connectivity index (χ4n) is 5.83. The van der Waals surface area contributed by atoms with E-state index in [1.54, 1.807) is 24.3 Å². The molecular weight excluding hydrogens is 557 g/mol. The number of likely N-dealkylation sites (tertiary alicyclic amines) is 2. The summed E-state index contributed by atoms with van der Waals surface area (Å²) in [4.78, 5) is 29.3. The Balaban J connectivity index is 1.38. The summed E-state index contributed by atoms with van der Waals surface area (Å²) in [5.74, 6) is -3.24. The number of ether oxygens (including phenoxy) is 1. The average Bonchev–Trinajstić information content (AvgIpc) is 3.38. The molecule has 1 amide bonds. The molecule has 2 atom stereocenters. The number of nitrogens with zero attached hydrogens (tertiary/aromatic N) is 2. The van der Waals surface area contributed by atoms with Gasteiger partial charge in [0.2, 0.25) is 5.91 Å². The lowest BCUT2D eigenvalue weighted by molar-refractivity contribution is -0.206. The summed E-state index contributed by atoms with van der Waals surface area (Å²) in [6, 6.07) is 24.6. The molecule has 0 bridgehead atoms. The van der Waals surface area contributed by atoms with E-state index in [-0.39, 0.29) is 19.0 Å². The minimum atomic E-state index is -5.16. The largest absolute Gasteiger partial charge is 0.490 e. The third kappa shape index (κ3) is 6.42. The summed E-state index contributed by atoms with van der Waals surface area (Å²) in [6.07, 6.45) is -5.71. The van der Waals surface area contributed by atoms with Crippen LogP contribution in [0.3, 0.4) is 0 Å². The van der Waals surface area contributed by atoms with Crippen molar-refractivity contribution in [3.63, 3.8) is 0 Å². The van der Waals surface area contributed by atoms with Gasteiger partial charge in [0.05, 0.1) is 24.1 Å².